The molecular formula is C19H23O3P. The highest BCUT2D eigenvalue weighted by Crippen LogP contribution is 2.56. The Labute approximate surface area is 137 Å². The quantitative estimate of drug-likeness (QED) is 0.654. The van der Waals surface area contributed by atoms with Crippen molar-refractivity contribution in [3.63, 3.8) is 0 Å². The third-order valence-corrected chi connectivity index (χ3v) is 8.38. The number of aliphatic hydroxyl groups is 1. The summed E-state index contributed by atoms with van der Waals surface area (Å²) < 4.78 is 20.0. The van der Waals surface area contributed by atoms with Gasteiger partial charge in [0.15, 0.2) is 0 Å². The lowest BCUT2D eigenvalue weighted by atomic mass is 10.1. The third-order valence-electron chi connectivity index (χ3n) is 4.52. The van der Waals surface area contributed by atoms with E-state index in [2.05, 4.69) is 13.8 Å². The molecule has 3 nitrogen and oxygen atoms in total. The molecular weight excluding hydrogens is 307 g/mol. The van der Waals surface area contributed by atoms with Crippen LogP contribution in [0.3, 0.4) is 0 Å². The minimum Gasteiger partial charge on any atom is -0.394 e. The molecule has 1 heterocycles. The predicted octanol–water partition coefficient (Wildman–Crippen LogP) is 2.78. The lowest BCUT2D eigenvalue weighted by molar-refractivity contribution is 0.241. The maximum atomic E-state index is 14.3. The summed E-state index contributed by atoms with van der Waals surface area (Å²) in [6.45, 7) is 4.15. The molecule has 1 saturated heterocycles. The van der Waals surface area contributed by atoms with Crippen LogP contribution in [0.15, 0.2) is 60.7 Å². The highest BCUT2D eigenvalue weighted by molar-refractivity contribution is 7.79. The molecule has 4 heteroatoms. The van der Waals surface area contributed by atoms with Gasteiger partial charge < -0.3 is 14.4 Å². The van der Waals surface area contributed by atoms with Crippen molar-refractivity contribution in [2.24, 2.45) is 5.92 Å². The fourth-order valence-electron chi connectivity index (χ4n) is 3.40. The minimum atomic E-state index is -2.87. The van der Waals surface area contributed by atoms with Gasteiger partial charge in [-0.2, -0.15) is 0 Å². The van der Waals surface area contributed by atoms with Gasteiger partial charge in [0, 0.05) is 10.6 Å². The second kappa shape index (κ2) is 6.60. The Balaban J connectivity index is 2.14. The molecule has 0 aromatic heterocycles. The van der Waals surface area contributed by atoms with Gasteiger partial charge in [0.25, 0.3) is 0 Å². The fraction of sp³-hybridized carbons (Fsp3) is 0.368. The van der Waals surface area contributed by atoms with Crippen LogP contribution in [0.5, 0.6) is 0 Å². The van der Waals surface area contributed by atoms with Crippen LogP contribution in [0.1, 0.15) is 13.8 Å². The summed E-state index contributed by atoms with van der Waals surface area (Å²) in [6, 6.07) is 19.4. The summed E-state index contributed by atoms with van der Waals surface area (Å²) in [7, 11) is -2.87. The van der Waals surface area contributed by atoms with Gasteiger partial charge in [-0.3, -0.25) is 0 Å². The van der Waals surface area contributed by atoms with E-state index in [0.29, 0.717) is 0 Å². The van der Waals surface area contributed by atoms with Crippen molar-refractivity contribution in [3.05, 3.63) is 60.7 Å². The first-order chi connectivity index (χ1) is 11.1. The van der Waals surface area contributed by atoms with Gasteiger partial charge in [-0.15, -0.1) is 0 Å². The molecule has 3 atom stereocenters. The lowest BCUT2D eigenvalue weighted by Crippen LogP contribution is -2.34. The molecule has 2 aromatic carbocycles. The Morgan fingerprint density at radius 3 is 1.83 bits per heavy atom. The van der Waals surface area contributed by atoms with Gasteiger partial charge in [0.05, 0.1) is 18.4 Å². The summed E-state index contributed by atoms with van der Waals surface area (Å²) in [6.07, 6.45) is -0.339. The Hall–Kier alpha value is -1.41. The van der Waals surface area contributed by atoms with Crippen molar-refractivity contribution < 1.29 is 14.4 Å². The molecule has 0 spiro atoms. The first-order valence-corrected chi connectivity index (χ1v) is 9.84. The van der Waals surface area contributed by atoms with E-state index in [4.69, 9.17) is 4.74 Å². The van der Waals surface area contributed by atoms with Gasteiger partial charge in [-0.1, -0.05) is 74.5 Å². The number of hydrogen-bond donors (Lipinski definition) is 1. The number of rotatable bonds is 6. The molecule has 1 aliphatic heterocycles. The Morgan fingerprint density at radius 2 is 1.48 bits per heavy atom. The first kappa shape index (κ1) is 16.4. The Kier molecular flexibility index (Phi) is 4.72. The minimum absolute atomic E-state index is 0.0164. The van der Waals surface area contributed by atoms with Gasteiger partial charge in [-0.05, 0) is 5.92 Å². The summed E-state index contributed by atoms with van der Waals surface area (Å²) in [5.74, 6) is 0.183. The second-order valence-electron chi connectivity index (χ2n) is 6.39. The van der Waals surface area contributed by atoms with Crippen LogP contribution in [0.2, 0.25) is 0 Å². The van der Waals surface area contributed by atoms with Crippen LogP contribution in [-0.4, -0.2) is 29.6 Å². The molecule has 0 amide bonds. The smallest absolute Gasteiger partial charge is 0.149 e. The van der Waals surface area contributed by atoms with E-state index in [1.165, 1.54) is 0 Å². The van der Waals surface area contributed by atoms with Gasteiger partial charge in [0.2, 0.25) is 0 Å². The van der Waals surface area contributed by atoms with Crippen molar-refractivity contribution >= 4 is 17.8 Å². The fourth-order valence-corrected chi connectivity index (χ4v) is 7.13. The summed E-state index contributed by atoms with van der Waals surface area (Å²) in [4.78, 5) is 0. The average molecular weight is 330 g/mol. The second-order valence-corrected chi connectivity index (χ2v) is 9.33. The monoisotopic (exact) mass is 330 g/mol. The van der Waals surface area contributed by atoms with Crippen LogP contribution in [0.25, 0.3) is 0 Å². The average Bonchev–Trinajstić information content (AvgIpc) is 3.35. The molecule has 1 aliphatic rings. The lowest BCUT2D eigenvalue weighted by Gasteiger charge is -2.30. The van der Waals surface area contributed by atoms with Gasteiger partial charge >= 0.3 is 0 Å². The normalized spacial score (nSPS) is 22.1. The van der Waals surface area contributed by atoms with E-state index in [1.54, 1.807) is 0 Å². The SMILES string of the molecule is CC(C)[C@@H]([C@@H]1O[C@H]1CO)P(=O)(c1ccccc1)c1ccccc1. The number of hydrogen-bond acceptors (Lipinski definition) is 3. The standard InChI is InChI=1S/C19H23O3P/c1-14(2)19(18-17(13-20)22-18)23(21,15-9-5-3-6-10-15)16-11-7-4-8-12-16/h3-12,14,17-20H,13H2,1-2H3/t17-,18+,19-/m0/s1. The highest BCUT2D eigenvalue weighted by Gasteiger charge is 2.54. The number of ether oxygens (including phenoxy) is 1. The van der Waals surface area contributed by atoms with E-state index in [-0.39, 0.29) is 30.4 Å². The van der Waals surface area contributed by atoms with Crippen LogP contribution in [0, 0.1) is 5.92 Å². The Bertz CT molecular complexity index is 641. The van der Waals surface area contributed by atoms with Gasteiger partial charge in [0.1, 0.15) is 13.2 Å². The third kappa shape index (κ3) is 3.01. The van der Waals surface area contributed by atoms with Crippen molar-refractivity contribution in [1.29, 1.82) is 0 Å². The molecule has 0 radical (unpaired) electrons. The number of aliphatic hydroxyl groups excluding tert-OH is 1. The summed E-state index contributed by atoms with van der Waals surface area (Å²) >= 11 is 0. The van der Waals surface area contributed by atoms with E-state index < -0.39 is 7.14 Å². The number of epoxide rings is 1. The molecule has 1 N–H and O–H groups in total. The molecule has 1 fully saturated rings. The van der Waals surface area contributed by atoms with E-state index >= 15 is 0 Å². The van der Waals surface area contributed by atoms with Crippen LogP contribution in [-0.2, 0) is 9.30 Å². The zero-order chi connectivity index (χ0) is 16.4. The zero-order valence-electron chi connectivity index (χ0n) is 13.5. The van der Waals surface area contributed by atoms with Crippen molar-refractivity contribution in [2.75, 3.05) is 6.61 Å². The molecule has 0 aliphatic carbocycles. The largest absolute Gasteiger partial charge is 0.394 e. The van der Waals surface area contributed by atoms with Crippen molar-refractivity contribution in [1.82, 2.24) is 0 Å². The van der Waals surface area contributed by atoms with Crippen LogP contribution >= 0.6 is 7.14 Å². The molecule has 0 bridgehead atoms. The van der Waals surface area contributed by atoms with E-state index in [9.17, 15) is 9.67 Å². The first-order valence-electron chi connectivity index (χ1n) is 8.06. The maximum absolute atomic E-state index is 14.3. The summed E-state index contributed by atoms with van der Waals surface area (Å²) in [5.41, 5.74) is -0.135. The molecule has 3 rings (SSSR count). The van der Waals surface area contributed by atoms with Crippen molar-refractivity contribution in [3.8, 4) is 0 Å². The van der Waals surface area contributed by atoms with E-state index in [0.717, 1.165) is 10.6 Å². The van der Waals surface area contributed by atoms with Gasteiger partial charge in [-0.25, -0.2) is 0 Å². The Morgan fingerprint density at radius 1 is 1.00 bits per heavy atom. The maximum Gasteiger partial charge on any atom is 0.149 e. The molecule has 0 saturated carbocycles. The highest BCUT2D eigenvalue weighted by atomic mass is 31.2. The van der Waals surface area contributed by atoms with Crippen molar-refractivity contribution in [2.45, 2.75) is 31.7 Å². The molecule has 23 heavy (non-hydrogen) atoms. The van der Waals surface area contributed by atoms with Crippen LogP contribution < -0.4 is 10.6 Å². The number of benzene rings is 2. The molecule has 122 valence electrons. The van der Waals surface area contributed by atoms with Crippen LogP contribution in [0.4, 0.5) is 0 Å². The molecule has 2 aromatic rings. The zero-order valence-corrected chi connectivity index (χ0v) is 14.4. The topological polar surface area (TPSA) is 49.8 Å². The predicted molar refractivity (Wildman–Crippen MR) is 94.1 cm³/mol. The molecule has 0 unspecified atom stereocenters. The van der Waals surface area contributed by atoms with E-state index in [1.807, 2.05) is 60.7 Å². The summed E-state index contributed by atoms with van der Waals surface area (Å²) in [5, 5.41) is 11.1.